The summed E-state index contributed by atoms with van der Waals surface area (Å²) in [7, 11) is 1.59. The van der Waals surface area contributed by atoms with Gasteiger partial charge in [-0.25, -0.2) is 9.38 Å². The van der Waals surface area contributed by atoms with Crippen molar-refractivity contribution in [3.63, 3.8) is 0 Å². The predicted octanol–water partition coefficient (Wildman–Crippen LogP) is 5.82. The van der Waals surface area contributed by atoms with Crippen LogP contribution in [0.15, 0.2) is 102 Å². The molecular weight excluding hydrogens is 403 g/mol. The number of methoxy groups -OCH3 is 1. The maximum absolute atomic E-state index is 13.5. The topological polar surface area (TPSA) is 41.9 Å². The van der Waals surface area contributed by atoms with E-state index < -0.39 is 0 Å². The fourth-order valence-electron chi connectivity index (χ4n) is 3.80. The summed E-state index contributed by atoms with van der Waals surface area (Å²) in [5.41, 5.74) is 2.53. The van der Waals surface area contributed by atoms with Crippen molar-refractivity contribution < 1.29 is 13.9 Å². The highest BCUT2D eigenvalue weighted by Crippen LogP contribution is 2.30. The first kappa shape index (κ1) is 19.7. The smallest absolute Gasteiger partial charge is 0.282 e. The summed E-state index contributed by atoms with van der Waals surface area (Å²) < 4.78 is 18.8. The molecule has 32 heavy (non-hydrogen) atoms. The molecule has 5 heteroatoms. The van der Waals surface area contributed by atoms with Gasteiger partial charge in [-0.3, -0.25) is 9.69 Å². The molecule has 0 saturated heterocycles. The van der Waals surface area contributed by atoms with Gasteiger partial charge in [-0.1, -0.05) is 42.5 Å². The van der Waals surface area contributed by atoms with E-state index in [1.807, 2.05) is 42.5 Å². The van der Waals surface area contributed by atoms with Crippen molar-refractivity contribution >= 4 is 34.3 Å². The van der Waals surface area contributed by atoms with Gasteiger partial charge in [0, 0.05) is 5.56 Å². The van der Waals surface area contributed by atoms with Crippen molar-refractivity contribution in [3.05, 3.63) is 114 Å². The molecule has 0 unspecified atom stereocenters. The highest BCUT2D eigenvalue weighted by molar-refractivity contribution is 6.33. The predicted molar refractivity (Wildman–Crippen MR) is 125 cm³/mol. The minimum absolute atomic E-state index is 0.248. The van der Waals surface area contributed by atoms with Crippen LogP contribution in [0.2, 0.25) is 0 Å². The molecule has 156 valence electrons. The number of ether oxygens (including phenoxy) is 1. The van der Waals surface area contributed by atoms with E-state index in [1.54, 1.807) is 54.5 Å². The average molecular weight is 422 g/mol. The van der Waals surface area contributed by atoms with Crippen LogP contribution in [0.4, 0.5) is 10.1 Å². The Morgan fingerprint density at radius 2 is 1.59 bits per heavy atom. The number of amidine groups is 1. The summed E-state index contributed by atoms with van der Waals surface area (Å²) >= 11 is 0. The van der Waals surface area contributed by atoms with E-state index in [2.05, 4.69) is 4.99 Å². The maximum Gasteiger partial charge on any atom is 0.282 e. The SMILES string of the molecule is COc1ccc(N2C(=O)/C(=C\c3cccc4ccccc34)N=C2c2ccc(F)cc2)cc1. The van der Waals surface area contributed by atoms with Crippen molar-refractivity contribution in [2.45, 2.75) is 0 Å². The number of aliphatic imine (C=N–C) groups is 1. The minimum Gasteiger partial charge on any atom is -0.497 e. The Bertz CT molecular complexity index is 1370. The number of nitrogens with zero attached hydrogens (tertiary/aromatic N) is 2. The lowest BCUT2D eigenvalue weighted by Gasteiger charge is -2.19. The number of fused-ring (bicyclic) bond motifs is 1. The van der Waals surface area contributed by atoms with Gasteiger partial charge in [0.1, 0.15) is 23.1 Å². The summed E-state index contributed by atoms with van der Waals surface area (Å²) in [5.74, 6) is 0.544. The number of carbonyl (C=O) groups is 1. The standard InChI is InChI=1S/C27H19FN2O2/c1-32-23-15-13-22(14-16-23)30-26(19-9-11-21(28)12-10-19)29-25(27(30)31)17-20-7-4-6-18-5-2-3-8-24(18)20/h2-17H,1H3/b25-17+. The van der Waals surface area contributed by atoms with Crippen LogP contribution in [0.25, 0.3) is 16.8 Å². The second kappa shape index (κ2) is 8.12. The first-order valence-corrected chi connectivity index (χ1v) is 10.2. The van der Waals surface area contributed by atoms with E-state index >= 15 is 0 Å². The largest absolute Gasteiger partial charge is 0.497 e. The van der Waals surface area contributed by atoms with Crippen LogP contribution in [0.5, 0.6) is 5.75 Å². The molecule has 5 rings (SSSR count). The lowest BCUT2D eigenvalue weighted by molar-refractivity contribution is -0.113. The van der Waals surface area contributed by atoms with Gasteiger partial charge < -0.3 is 4.74 Å². The van der Waals surface area contributed by atoms with Gasteiger partial charge in [-0.05, 0) is 70.9 Å². The fourth-order valence-corrected chi connectivity index (χ4v) is 3.80. The second-order valence-corrected chi connectivity index (χ2v) is 7.38. The van der Waals surface area contributed by atoms with Crippen LogP contribution in [-0.4, -0.2) is 18.9 Å². The molecular formula is C27H19FN2O2. The zero-order chi connectivity index (χ0) is 22.1. The third-order valence-corrected chi connectivity index (χ3v) is 5.41. The Balaban J connectivity index is 1.64. The molecule has 0 radical (unpaired) electrons. The Hall–Kier alpha value is -4.25. The van der Waals surface area contributed by atoms with Gasteiger partial charge in [0.2, 0.25) is 0 Å². The van der Waals surface area contributed by atoms with Gasteiger partial charge in [-0.2, -0.15) is 0 Å². The van der Waals surface area contributed by atoms with E-state index in [4.69, 9.17) is 4.74 Å². The molecule has 0 bridgehead atoms. The molecule has 1 heterocycles. The number of benzene rings is 4. The quantitative estimate of drug-likeness (QED) is 0.389. The first-order valence-electron chi connectivity index (χ1n) is 10.2. The molecule has 0 spiro atoms. The number of amides is 1. The van der Waals surface area contributed by atoms with Crippen molar-refractivity contribution in [3.8, 4) is 5.75 Å². The highest BCUT2D eigenvalue weighted by atomic mass is 19.1. The number of hydrogen-bond donors (Lipinski definition) is 0. The maximum atomic E-state index is 13.5. The zero-order valence-electron chi connectivity index (χ0n) is 17.3. The van der Waals surface area contributed by atoms with Gasteiger partial charge in [0.25, 0.3) is 5.91 Å². The summed E-state index contributed by atoms with van der Waals surface area (Å²) in [6, 6.07) is 27.1. The third kappa shape index (κ3) is 3.54. The number of anilines is 1. The number of hydrogen-bond acceptors (Lipinski definition) is 3. The summed E-state index contributed by atoms with van der Waals surface area (Å²) in [6.45, 7) is 0. The molecule has 0 N–H and O–H groups in total. The number of carbonyl (C=O) groups excluding carboxylic acids is 1. The first-order chi connectivity index (χ1) is 15.6. The Morgan fingerprint density at radius 1 is 0.875 bits per heavy atom. The highest BCUT2D eigenvalue weighted by Gasteiger charge is 2.32. The summed E-state index contributed by atoms with van der Waals surface area (Å²) in [5, 5.41) is 2.12. The zero-order valence-corrected chi connectivity index (χ0v) is 17.3. The van der Waals surface area contributed by atoms with Crippen LogP contribution in [0.3, 0.4) is 0 Å². The molecule has 0 atom stereocenters. The molecule has 1 aliphatic heterocycles. The Kier molecular flexibility index (Phi) is 5.00. The molecule has 0 aliphatic carbocycles. The van der Waals surface area contributed by atoms with Crippen molar-refractivity contribution in [1.29, 1.82) is 0 Å². The third-order valence-electron chi connectivity index (χ3n) is 5.41. The number of rotatable bonds is 4. The molecule has 4 nitrogen and oxygen atoms in total. The van der Waals surface area contributed by atoms with Gasteiger partial charge in [0.05, 0.1) is 12.8 Å². The lowest BCUT2D eigenvalue weighted by atomic mass is 10.0. The molecule has 4 aromatic rings. The van der Waals surface area contributed by atoms with Crippen LogP contribution in [0, 0.1) is 5.82 Å². The van der Waals surface area contributed by atoms with Crippen LogP contribution in [-0.2, 0) is 4.79 Å². The van der Waals surface area contributed by atoms with E-state index in [-0.39, 0.29) is 11.7 Å². The summed E-state index contributed by atoms with van der Waals surface area (Å²) in [6.07, 6.45) is 1.80. The average Bonchev–Trinajstić information content (AvgIpc) is 3.15. The van der Waals surface area contributed by atoms with Crippen molar-refractivity contribution in [1.82, 2.24) is 0 Å². The van der Waals surface area contributed by atoms with E-state index in [0.29, 0.717) is 28.5 Å². The van der Waals surface area contributed by atoms with Crippen LogP contribution >= 0.6 is 0 Å². The van der Waals surface area contributed by atoms with Gasteiger partial charge >= 0.3 is 0 Å². The normalized spacial score (nSPS) is 14.8. The fraction of sp³-hybridized carbons (Fsp3) is 0.0370. The van der Waals surface area contributed by atoms with E-state index in [0.717, 1.165) is 16.3 Å². The summed E-state index contributed by atoms with van der Waals surface area (Å²) in [4.78, 5) is 19.7. The Labute approximate surface area is 184 Å². The van der Waals surface area contributed by atoms with E-state index in [1.165, 1.54) is 12.1 Å². The molecule has 0 fully saturated rings. The van der Waals surface area contributed by atoms with Crippen molar-refractivity contribution in [2.75, 3.05) is 12.0 Å². The molecule has 0 aromatic heterocycles. The minimum atomic E-state index is -0.346. The van der Waals surface area contributed by atoms with Gasteiger partial charge in [0.15, 0.2) is 0 Å². The molecule has 1 amide bonds. The van der Waals surface area contributed by atoms with E-state index in [9.17, 15) is 9.18 Å². The molecule has 4 aromatic carbocycles. The molecule has 1 aliphatic rings. The Morgan fingerprint density at radius 3 is 2.34 bits per heavy atom. The second-order valence-electron chi connectivity index (χ2n) is 7.38. The number of halogens is 1. The van der Waals surface area contributed by atoms with Crippen molar-refractivity contribution in [2.24, 2.45) is 4.99 Å². The van der Waals surface area contributed by atoms with Gasteiger partial charge in [-0.15, -0.1) is 0 Å². The van der Waals surface area contributed by atoms with Crippen LogP contribution in [0.1, 0.15) is 11.1 Å². The van der Waals surface area contributed by atoms with Crippen LogP contribution < -0.4 is 9.64 Å². The lowest BCUT2D eigenvalue weighted by Crippen LogP contribution is -2.32. The monoisotopic (exact) mass is 422 g/mol. The molecule has 0 saturated carbocycles.